The molecule has 2 aromatic heterocycles. The molecule has 4 nitrogen and oxygen atoms in total. The maximum Gasteiger partial charge on any atom is 0.224 e. The van der Waals surface area contributed by atoms with Crippen molar-refractivity contribution in [3.8, 4) is 0 Å². The van der Waals surface area contributed by atoms with E-state index in [1.165, 1.54) is 5.56 Å². The van der Waals surface area contributed by atoms with Gasteiger partial charge in [-0.3, -0.25) is 14.8 Å². The number of amides is 1. The molecule has 1 aliphatic heterocycles. The van der Waals surface area contributed by atoms with Crippen LogP contribution >= 0.6 is 0 Å². The number of carbonyl (C=O) groups is 1. The molecule has 0 atom stereocenters. The van der Waals surface area contributed by atoms with Crippen molar-refractivity contribution in [1.29, 1.82) is 0 Å². The molecule has 4 heteroatoms. The largest absolute Gasteiger partial charge is 0.352 e. The number of nitrogens with zero attached hydrogens (tertiary/aromatic N) is 2. The number of hydrogen-bond donors (Lipinski definition) is 1. The van der Waals surface area contributed by atoms with Crippen molar-refractivity contribution in [2.75, 3.05) is 0 Å². The number of fused-ring (bicyclic) bond motifs is 2. The van der Waals surface area contributed by atoms with Gasteiger partial charge in [0.2, 0.25) is 5.91 Å². The monoisotopic (exact) mass is 277 g/mol. The van der Waals surface area contributed by atoms with Gasteiger partial charge in [0.05, 0.1) is 6.42 Å². The minimum Gasteiger partial charge on any atom is -0.352 e. The Hall–Kier alpha value is -2.75. The first-order valence-corrected chi connectivity index (χ1v) is 6.80. The van der Waals surface area contributed by atoms with Crippen LogP contribution in [0.5, 0.6) is 0 Å². The molecule has 0 fully saturated rings. The predicted molar refractivity (Wildman–Crippen MR) is 81.5 cm³/mol. The van der Waals surface area contributed by atoms with Gasteiger partial charge in [0.25, 0.3) is 0 Å². The van der Waals surface area contributed by atoms with Gasteiger partial charge >= 0.3 is 0 Å². The number of nitrogens with one attached hydrogen (secondary N) is 1. The smallest absolute Gasteiger partial charge is 0.224 e. The van der Waals surface area contributed by atoms with Crippen LogP contribution in [0.4, 0.5) is 0 Å². The highest BCUT2D eigenvalue weighted by atomic mass is 16.1. The van der Waals surface area contributed by atoms with E-state index >= 15 is 0 Å². The molecule has 3 aromatic rings. The molecule has 4 rings (SSSR count). The maximum atomic E-state index is 10.9. The van der Waals surface area contributed by atoms with E-state index in [-0.39, 0.29) is 5.91 Å². The Morgan fingerprint density at radius 3 is 2.14 bits per heavy atom. The molecule has 0 radical (unpaired) electrons. The zero-order valence-electron chi connectivity index (χ0n) is 11.5. The van der Waals surface area contributed by atoms with Crippen LogP contribution < -0.4 is 5.32 Å². The Balaban J connectivity index is 0.000000126. The Morgan fingerprint density at radius 2 is 1.48 bits per heavy atom. The van der Waals surface area contributed by atoms with E-state index < -0.39 is 0 Å². The van der Waals surface area contributed by atoms with Crippen LogP contribution in [0.25, 0.3) is 10.8 Å². The summed E-state index contributed by atoms with van der Waals surface area (Å²) in [6.07, 6.45) is 7.73. The number of hydrogen-bond acceptors (Lipinski definition) is 3. The van der Waals surface area contributed by atoms with Gasteiger partial charge in [0.1, 0.15) is 0 Å². The lowest BCUT2D eigenvalue weighted by Crippen LogP contribution is -2.29. The molecule has 3 heterocycles. The minimum atomic E-state index is 0.128. The molecular formula is C17H15N3O. The van der Waals surface area contributed by atoms with Gasteiger partial charge in [-0.05, 0) is 23.3 Å². The van der Waals surface area contributed by atoms with E-state index in [4.69, 9.17) is 0 Å². The van der Waals surface area contributed by atoms with Crippen molar-refractivity contribution in [1.82, 2.24) is 15.3 Å². The average molecular weight is 277 g/mol. The highest BCUT2D eigenvalue weighted by Crippen LogP contribution is 2.12. The van der Waals surface area contributed by atoms with E-state index in [1.54, 1.807) is 12.4 Å². The van der Waals surface area contributed by atoms with Crippen molar-refractivity contribution in [2.45, 2.75) is 13.0 Å². The number of benzene rings is 1. The van der Waals surface area contributed by atoms with Crippen LogP contribution in [0, 0.1) is 0 Å². The van der Waals surface area contributed by atoms with Crippen LogP contribution in [-0.4, -0.2) is 15.9 Å². The second kappa shape index (κ2) is 6.13. The van der Waals surface area contributed by atoms with E-state index in [1.807, 2.05) is 42.7 Å². The van der Waals surface area contributed by atoms with E-state index in [9.17, 15) is 4.79 Å². The van der Waals surface area contributed by atoms with Crippen LogP contribution in [0.3, 0.4) is 0 Å². The molecule has 0 bridgehead atoms. The average Bonchev–Trinajstić information content (AvgIpc) is 2.55. The third-order valence-electron chi connectivity index (χ3n) is 3.39. The third kappa shape index (κ3) is 3.23. The highest BCUT2D eigenvalue weighted by Gasteiger charge is 2.12. The second-order valence-corrected chi connectivity index (χ2v) is 4.82. The zero-order valence-corrected chi connectivity index (χ0v) is 11.5. The summed E-state index contributed by atoms with van der Waals surface area (Å²) in [5, 5.41) is 5.07. The van der Waals surface area contributed by atoms with Crippen LogP contribution in [0.2, 0.25) is 0 Å². The van der Waals surface area contributed by atoms with Gasteiger partial charge in [-0.2, -0.15) is 0 Å². The Labute approximate surface area is 122 Å². The van der Waals surface area contributed by atoms with Crippen LogP contribution in [0.1, 0.15) is 11.1 Å². The van der Waals surface area contributed by atoms with E-state index in [0.717, 1.165) is 16.3 Å². The number of aromatic nitrogens is 2. The quantitative estimate of drug-likeness (QED) is 0.687. The predicted octanol–water partition coefficient (Wildman–Crippen LogP) is 2.49. The first-order chi connectivity index (χ1) is 10.3. The molecule has 0 saturated heterocycles. The summed E-state index contributed by atoms with van der Waals surface area (Å²) >= 11 is 0. The molecule has 0 aliphatic carbocycles. The summed E-state index contributed by atoms with van der Waals surface area (Å²) in [5.74, 6) is 0.128. The fraction of sp³-hybridized carbons (Fsp3) is 0.118. The number of rotatable bonds is 0. The van der Waals surface area contributed by atoms with Crippen LogP contribution in [-0.2, 0) is 17.8 Å². The molecule has 0 saturated carbocycles. The van der Waals surface area contributed by atoms with Gasteiger partial charge in [-0.25, -0.2) is 0 Å². The van der Waals surface area contributed by atoms with Crippen molar-refractivity contribution in [3.63, 3.8) is 0 Å². The summed E-state index contributed by atoms with van der Waals surface area (Å²) in [5.41, 5.74) is 2.41. The van der Waals surface area contributed by atoms with Crippen molar-refractivity contribution < 1.29 is 4.79 Å². The summed E-state index contributed by atoms with van der Waals surface area (Å²) < 4.78 is 0. The molecule has 1 amide bonds. The van der Waals surface area contributed by atoms with Gasteiger partial charge in [0, 0.05) is 42.1 Å². The Morgan fingerprint density at radius 1 is 0.857 bits per heavy atom. The lowest BCUT2D eigenvalue weighted by molar-refractivity contribution is -0.121. The summed E-state index contributed by atoms with van der Waals surface area (Å²) in [6.45, 7) is 0.689. The van der Waals surface area contributed by atoms with Crippen molar-refractivity contribution in [2.24, 2.45) is 0 Å². The van der Waals surface area contributed by atoms with Crippen molar-refractivity contribution in [3.05, 3.63) is 72.3 Å². The SMILES string of the molecule is O=C1Cc2ccccc2CN1.c1cc2cnccc2cn1. The summed E-state index contributed by atoms with van der Waals surface area (Å²) in [6, 6.07) is 11.9. The number of carbonyl (C=O) groups excluding carboxylic acids is 1. The number of pyridine rings is 2. The van der Waals surface area contributed by atoms with Crippen LogP contribution in [0.15, 0.2) is 61.2 Å². The molecule has 1 aromatic carbocycles. The van der Waals surface area contributed by atoms with E-state index in [2.05, 4.69) is 21.4 Å². The van der Waals surface area contributed by atoms with Gasteiger partial charge in [-0.1, -0.05) is 24.3 Å². The molecule has 0 spiro atoms. The lowest BCUT2D eigenvalue weighted by atomic mass is 10.0. The summed E-state index contributed by atoms with van der Waals surface area (Å²) in [7, 11) is 0. The summed E-state index contributed by atoms with van der Waals surface area (Å²) in [4.78, 5) is 18.9. The molecule has 1 aliphatic rings. The second-order valence-electron chi connectivity index (χ2n) is 4.82. The Bertz CT molecular complexity index is 705. The fourth-order valence-corrected chi connectivity index (χ4v) is 2.25. The Kier molecular flexibility index (Phi) is 3.87. The topological polar surface area (TPSA) is 54.9 Å². The third-order valence-corrected chi connectivity index (χ3v) is 3.39. The molecule has 104 valence electrons. The van der Waals surface area contributed by atoms with Gasteiger partial charge in [-0.15, -0.1) is 0 Å². The maximum absolute atomic E-state index is 10.9. The highest BCUT2D eigenvalue weighted by molar-refractivity contribution is 5.80. The fourth-order valence-electron chi connectivity index (χ4n) is 2.25. The lowest BCUT2D eigenvalue weighted by Gasteiger charge is -2.15. The van der Waals surface area contributed by atoms with Gasteiger partial charge in [0.15, 0.2) is 0 Å². The standard InChI is InChI=1S/C9H9NO.C8H6N2/c11-9-5-7-3-1-2-4-8(7)6-10-9;1-3-9-6-8-2-4-10-5-7(1)8/h1-4H,5-6H2,(H,10,11);1-6H. The molecule has 0 unspecified atom stereocenters. The molecule has 1 N–H and O–H groups in total. The first-order valence-electron chi connectivity index (χ1n) is 6.80. The molecular weight excluding hydrogens is 262 g/mol. The first kappa shape index (κ1) is 13.2. The minimum absolute atomic E-state index is 0.128. The van der Waals surface area contributed by atoms with E-state index in [0.29, 0.717) is 13.0 Å². The zero-order chi connectivity index (χ0) is 14.5. The van der Waals surface area contributed by atoms with Gasteiger partial charge < -0.3 is 5.32 Å². The normalized spacial score (nSPS) is 12.9. The van der Waals surface area contributed by atoms with Crippen molar-refractivity contribution >= 4 is 16.7 Å². The molecule has 21 heavy (non-hydrogen) atoms.